The van der Waals surface area contributed by atoms with Crippen LogP contribution in [0.15, 0.2) is 37.1 Å². The molecular formula is C16H22N6O. The minimum absolute atomic E-state index is 0.0731. The van der Waals surface area contributed by atoms with Gasteiger partial charge in [-0.1, -0.05) is 6.07 Å². The zero-order chi connectivity index (χ0) is 16.2. The van der Waals surface area contributed by atoms with Gasteiger partial charge in [-0.15, -0.1) is 0 Å². The van der Waals surface area contributed by atoms with Gasteiger partial charge in [0.1, 0.15) is 0 Å². The molecule has 0 saturated heterocycles. The summed E-state index contributed by atoms with van der Waals surface area (Å²) in [5.74, 6) is 0. The maximum atomic E-state index is 11.8. The second kappa shape index (κ2) is 6.78. The lowest BCUT2D eigenvalue weighted by Crippen LogP contribution is -2.44. The van der Waals surface area contributed by atoms with Crippen LogP contribution in [0.25, 0.3) is 0 Å². The number of hydrogen-bond donors (Lipinski definition) is 1. The van der Waals surface area contributed by atoms with Crippen LogP contribution in [0.1, 0.15) is 17.3 Å². The number of nitrogens with zero attached hydrogens (tertiary/aromatic N) is 5. The third-order valence-electron chi connectivity index (χ3n) is 4.02. The highest BCUT2D eigenvalue weighted by Gasteiger charge is 2.25. The van der Waals surface area contributed by atoms with Crippen molar-refractivity contribution in [1.82, 2.24) is 29.7 Å². The molecule has 3 rings (SSSR count). The Hall–Kier alpha value is -2.41. The second-order valence-electron chi connectivity index (χ2n) is 6.06. The van der Waals surface area contributed by atoms with Gasteiger partial charge in [-0.3, -0.25) is 9.88 Å². The minimum Gasteiger partial charge on any atom is -0.336 e. The van der Waals surface area contributed by atoms with E-state index < -0.39 is 0 Å². The maximum absolute atomic E-state index is 11.8. The molecular weight excluding hydrogens is 292 g/mol. The Bertz CT molecular complexity index is 654. The molecule has 23 heavy (non-hydrogen) atoms. The van der Waals surface area contributed by atoms with Crippen molar-refractivity contribution in [2.45, 2.75) is 19.1 Å². The monoisotopic (exact) mass is 314 g/mol. The van der Waals surface area contributed by atoms with Gasteiger partial charge in [-0.25, -0.2) is 9.78 Å². The average Bonchev–Trinajstić information content (AvgIpc) is 3.01. The van der Waals surface area contributed by atoms with Gasteiger partial charge in [-0.05, 0) is 11.6 Å². The van der Waals surface area contributed by atoms with Gasteiger partial charge in [-0.2, -0.15) is 0 Å². The molecule has 0 aromatic carbocycles. The van der Waals surface area contributed by atoms with Gasteiger partial charge in [0.15, 0.2) is 0 Å². The van der Waals surface area contributed by atoms with Crippen molar-refractivity contribution < 1.29 is 4.79 Å². The van der Waals surface area contributed by atoms with Crippen molar-refractivity contribution in [3.8, 4) is 0 Å². The van der Waals surface area contributed by atoms with Crippen molar-refractivity contribution >= 4 is 6.03 Å². The minimum atomic E-state index is -0.0731. The van der Waals surface area contributed by atoms with E-state index in [0.717, 1.165) is 19.6 Å². The van der Waals surface area contributed by atoms with E-state index >= 15 is 0 Å². The van der Waals surface area contributed by atoms with Crippen molar-refractivity contribution in [3.05, 3.63) is 48.3 Å². The second-order valence-corrected chi connectivity index (χ2v) is 6.06. The number of hydrogen-bond acceptors (Lipinski definition) is 4. The molecule has 0 bridgehead atoms. The number of rotatable bonds is 4. The van der Waals surface area contributed by atoms with E-state index in [1.165, 1.54) is 11.3 Å². The zero-order valence-electron chi connectivity index (χ0n) is 13.5. The number of aromatic nitrogens is 3. The SMILES string of the molecule is CN(C)C(=O)NC[C@@H]1CN(Cc2cccnc2)Cc2cncn21. The normalized spacial score (nSPS) is 17.6. The summed E-state index contributed by atoms with van der Waals surface area (Å²) in [6.07, 6.45) is 7.43. The van der Waals surface area contributed by atoms with Crippen LogP contribution in [0.2, 0.25) is 0 Å². The molecule has 0 aliphatic carbocycles. The van der Waals surface area contributed by atoms with Crippen LogP contribution in [-0.2, 0) is 13.1 Å². The quantitative estimate of drug-likeness (QED) is 0.918. The lowest BCUT2D eigenvalue weighted by Gasteiger charge is -2.34. The molecule has 1 aliphatic rings. The lowest BCUT2D eigenvalue weighted by atomic mass is 10.1. The summed E-state index contributed by atoms with van der Waals surface area (Å²) in [5, 5.41) is 2.97. The summed E-state index contributed by atoms with van der Waals surface area (Å²) >= 11 is 0. The fourth-order valence-corrected chi connectivity index (χ4v) is 2.86. The number of imidazole rings is 1. The van der Waals surface area contributed by atoms with Crippen LogP contribution < -0.4 is 5.32 Å². The van der Waals surface area contributed by atoms with Crippen LogP contribution in [0, 0.1) is 0 Å². The van der Waals surface area contributed by atoms with Crippen molar-refractivity contribution in [1.29, 1.82) is 0 Å². The molecule has 1 atom stereocenters. The van der Waals surface area contributed by atoms with Gasteiger partial charge < -0.3 is 14.8 Å². The Morgan fingerprint density at radius 1 is 1.39 bits per heavy atom. The van der Waals surface area contributed by atoms with Crippen molar-refractivity contribution in [2.24, 2.45) is 0 Å². The molecule has 0 saturated carbocycles. The Balaban J connectivity index is 1.68. The Morgan fingerprint density at radius 2 is 2.26 bits per heavy atom. The first-order valence-electron chi connectivity index (χ1n) is 7.70. The largest absolute Gasteiger partial charge is 0.336 e. The standard InChI is InChI=1S/C16H22N6O/c1-20(2)16(23)19-8-15-11-21(9-13-4-3-5-17-6-13)10-14-7-18-12-22(14)15/h3-7,12,15H,8-11H2,1-2H3,(H,19,23)/t15-/m1/s1. The van der Waals surface area contributed by atoms with E-state index in [1.807, 2.05) is 24.8 Å². The Kier molecular flexibility index (Phi) is 4.57. The first-order valence-corrected chi connectivity index (χ1v) is 7.70. The molecule has 0 spiro atoms. The lowest BCUT2D eigenvalue weighted by molar-refractivity contribution is 0.171. The number of urea groups is 1. The number of carbonyl (C=O) groups excluding carboxylic acids is 1. The first-order chi connectivity index (χ1) is 11.1. The highest BCUT2D eigenvalue weighted by Crippen LogP contribution is 2.21. The van der Waals surface area contributed by atoms with Crippen LogP contribution in [0.4, 0.5) is 4.79 Å². The van der Waals surface area contributed by atoms with Crippen LogP contribution >= 0.6 is 0 Å². The molecule has 3 heterocycles. The van der Waals surface area contributed by atoms with Gasteiger partial charge in [0.25, 0.3) is 0 Å². The Morgan fingerprint density at radius 3 is 3.00 bits per heavy atom. The van der Waals surface area contributed by atoms with Gasteiger partial charge in [0.2, 0.25) is 0 Å². The highest BCUT2D eigenvalue weighted by molar-refractivity contribution is 5.73. The van der Waals surface area contributed by atoms with E-state index in [9.17, 15) is 4.79 Å². The smallest absolute Gasteiger partial charge is 0.316 e. The van der Waals surface area contributed by atoms with Crippen LogP contribution in [-0.4, -0.2) is 57.6 Å². The van der Waals surface area contributed by atoms with E-state index in [4.69, 9.17) is 0 Å². The molecule has 2 aromatic rings. The molecule has 0 fully saturated rings. The van der Waals surface area contributed by atoms with E-state index in [-0.39, 0.29) is 12.1 Å². The maximum Gasteiger partial charge on any atom is 0.316 e. The zero-order valence-corrected chi connectivity index (χ0v) is 13.5. The van der Waals surface area contributed by atoms with Crippen molar-refractivity contribution in [2.75, 3.05) is 27.2 Å². The molecule has 2 aromatic heterocycles. The van der Waals surface area contributed by atoms with Crippen molar-refractivity contribution in [3.63, 3.8) is 0 Å². The van der Waals surface area contributed by atoms with Gasteiger partial charge in [0.05, 0.1) is 18.1 Å². The van der Waals surface area contributed by atoms with E-state index in [2.05, 4.69) is 30.8 Å². The predicted molar refractivity (Wildman–Crippen MR) is 86.7 cm³/mol. The summed E-state index contributed by atoms with van der Waals surface area (Å²) in [6, 6.07) is 4.15. The van der Waals surface area contributed by atoms with E-state index in [1.54, 1.807) is 25.2 Å². The summed E-state index contributed by atoms with van der Waals surface area (Å²) < 4.78 is 2.16. The van der Waals surface area contributed by atoms with Gasteiger partial charge >= 0.3 is 6.03 Å². The summed E-state index contributed by atoms with van der Waals surface area (Å²) in [5.41, 5.74) is 2.36. The molecule has 1 N–H and O–H groups in total. The topological polar surface area (TPSA) is 66.3 Å². The summed E-state index contributed by atoms with van der Waals surface area (Å²) in [6.45, 7) is 3.15. The highest BCUT2D eigenvalue weighted by atomic mass is 16.2. The number of carbonyl (C=O) groups is 1. The number of fused-ring (bicyclic) bond motifs is 1. The fourth-order valence-electron chi connectivity index (χ4n) is 2.86. The molecule has 0 radical (unpaired) electrons. The van der Waals surface area contributed by atoms with Gasteiger partial charge in [0, 0.05) is 58.9 Å². The number of pyridine rings is 1. The summed E-state index contributed by atoms with van der Waals surface area (Å²) in [4.78, 5) is 24.1. The van der Waals surface area contributed by atoms with Crippen LogP contribution in [0.5, 0.6) is 0 Å². The Labute approximate surface area is 135 Å². The van der Waals surface area contributed by atoms with Crippen LogP contribution in [0.3, 0.4) is 0 Å². The molecule has 1 aliphatic heterocycles. The third-order valence-corrected chi connectivity index (χ3v) is 4.02. The molecule has 0 unspecified atom stereocenters. The third kappa shape index (κ3) is 3.68. The fraction of sp³-hybridized carbons (Fsp3) is 0.438. The molecule has 122 valence electrons. The molecule has 7 nitrogen and oxygen atoms in total. The van der Waals surface area contributed by atoms with E-state index in [0.29, 0.717) is 6.54 Å². The summed E-state index contributed by atoms with van der Waals surface area (Å²) in [7, 11) is 3.49. The number of amides is 2. The number of nitrogens with one attached hydrogen (secondary N) is 1. The first kappa shape index (κ1) is 15.5. The average molecular weight is 314 g/mol. The molecule has 7 heteroatoms. The molecule has 2 amide bonds. The predicted octanol–water partition coefficient (Wildman–Crippen LogP) is 1.11.